The number of hydrogen-bond donors (Lipinski definition) is 4. The van der Waals surface area contributed by atoms with Crippen molar-refractivity contribution >= 4 is 0 Å². The van der Waals surface area contributed by atoms with Crippen molar-refractivity contribution in [2.24, 2.45) is 23.3 Å². The van der Waals surface area contributed by atoms with Crippen molar-refractivity contribution in [2.45, 2.75) is 24.9 Å². The Morgan fingerprint density at radius 3 is 2.54 bits per heavy atom. The molecule has 78 valence electrons. The van der Waals surface area contributed by atoms with Crippen LogP contribution in [-0.4, -0.2) is 41.8 Å². The average molecular weight is 190 g/mol. The molecule has 0 heterocycles. The van der Waals surface area contributed by atoms with E-state index in [1.54, 1.807) is 0 Å². The van der Waals surface area contributed by atoms with Crippen LogP contribution < -0.4 is 11.5 Å². The predicted octanol–water partition coefficient (Wildman–Crippen LogP) is -1.77. The van der Waals surface area contributed by atoms with Gasteiger partial charge in [0.2, 0.25) is 0 Å². The first-order valence-electron chi connectivity index (χ1n) is 4.39. The maximum atomic E-state index is 10.00. The van der Waals surface area contributed by atoms with E-state index < -0.39 is 17.9 Å². The van der Waals surface area contributed by atoms with Crippen LogP contribution in [0.15, 0.2) is 0 Å². The quantitative estimate of drug-likeness (QED) is 0.395. The molecule has 0 aromatic heterocycles. The van der Waals surface area contributed by atoms with Gasteiger partial charge in [-0.2, -0.15) is 0 Å². The highest BCUT2D eigenvalue weighted by atomic mass is 16.6. The SMILES string of the molecule is CO[C@@H](O)C1(O)C(N)[C@H](C)C1CN. The molecule has 1 aliphatic carbocycles. The van der Waals surface area contributed by atoms with Crippen molar-refractivity contribution in [3.63, 3.8) is 0 Å². The summed E-state index contributed by atoms with van der Waals surface area (Å²) in [4.78, 5) is 0. The molecule has 1 fully saturated rings. The van der Waals surface area contributed by atoms with Gasteiger partial charge in [0.15, 0.2) is 6.29 Å². The van der Waals surface area contributed by atoms with Gasteiger partial charge in [-0.3, -0.25) is 0 Å². The summed E-state index contributed by atoms with van der Waals surface area (Å²) in [6.45, 7) is 2.20. The van der Waals surface area contributed by atoms with Crippen molar-refractivity contribution < 1.29 is 14.9 Å². The second kappa shape index (κ2) is 3.51. The van der Waals surface area contributed by atoms with E-state index in [9.17, 15) is 10.2 Å². The predicted molar refractivity (Wildman–Crippen MR) is 47.6 cm³/mol. The van der Waals surface area contributed by atoms with Crippen LogP contribution in [0.4, 0.5) is 0 Å². The van der Waals surface area contributed by atoms with Gasteiger partial charge >= 0.3 is 0 Å². The minimum absolute atomic E-state index is 0.111. The van der Waals surface area contributed by atoms with Gasteiger partial charge < -0.3 is 26.4 Å². The Labute approximate surface area is 77.7 Å². The Kier molecular flexibility index (Phi) is 2.94. The molecular formula is C8H18N2O3. The lowest BCUT2D eigenvalue weighted by Gasteiger charge is -2.56. The maximum absolute atomic E-state index is 10.00. The number of ether oxygens (including phenoxy) is 1. The summed E-state index contributed by atoms with van der Waals surface area (Å²) in [5, 5.41) is 19.4. The molecule has 1 saturated carbocycles. The second-order valence-electron chi connectivity index (χ2n) is 3.70. The van der Waals surface area contributed by atoms with Gasteiger partial charge in [-0.1, -0.05) is 6.92 Å². The molecule has 1 rings (SSSR count). The van der Waals surface area contributed by atoms with Crippen molar-refractivity contribution in [3.8, 4) is 0 Å². The Balaban J connectivity index is 2.77. The van der Waals surface area contributed by atoms with Gasteiger partial charge in [0.05, 0.1) is 0 Å². The van der Waals surface area contributed by atoms with E-state index in [0.29, 0.717) is 6.54 Å². The number of aliphatic hydroxyl groups excluding tert-OH is 1. The van der Waals surface area contributed by atoms with E-state index in [1.165, 1.54) is 7.11 Å². The first kappa shape index (κ1) is 10.9. The zero-order chi connectivity index (χ0) is 10.2. The molecule has 0 bridgehead atoms. The summed E-state index contributed by atoms with van der Waals surface area (Å²) < 4.78 is 4.68. The highest BCUT2D eigenvalue weighted by Gasteiger charge is 2.61. The molecule has 0 aromatic rings. The fourth-order valence-electron chi connectivity index (χ4n) is 2.16. The van der Waals surface area contributed by atoms with Crippen LogP contribution in [0.25, 0.3) is 0 Å². The minimum Gasteiger partial charge on any atom is -0.383 e. The highest BCUT2D eigenvalue weighted by Crippen LogP contribution is 2.44. The smallest absolute Gasteiger partial charge is 0.185 e. The fraction of sp³-hybridized carbons (Fsp3) is 1.00. The lowest BCUT2D eigenvalue weighted by atomic mass is 9.58. The Morgan fingerprint density at radius 2 is 2.15 bits per heavy atom. The highest BCUT2D eigenvalue weighted by molar-refractivity contribution is 5.12. The fourth-order valence-corrected chi connectivity index (χ4v) is 2.16. The molecule has 0 spiro atoms. The van der Waals surface area contributed by atoms with Crippen molar-refractivity contribution in [3.05, 3.63) is 0 Å². The molecule has 6 N–H and O–H groups in total. The summed E-state index contributed by atoms with van der Waals surface area (Å²) in [5.74, 6) is -0.0859. The van der Waals surface area contributed by atoms with Crippen molar-refractivity contribution in [1.82, 2.24) is 0 Å². The molecule has 3 unspecified atom stereocenters. The third-order valence-corrected chi connectivity index (χ3v) is 3.20. The number of nitrogens with two attached hydrogens (primary N) is 2. The van der Waals surface area contributed by atoms with E-state index in [2.05, 4.69) is 4.74 Å². The van der Waals surface area contributed by atoms with Gasteiger partial charge in [0, 0.05) is 19.1 Å². The van der Waals surface area contributed by atoms with Crippen LogP contribution in [0.5, 0.6) is 0 Å². The lowest BCUT2D eigenvalue weighted by molar-refractivity contribution is -0.280. The van der Waals surface area contributed by atoms with E-state index in [0.717, 1.165) is 0 Å². The van der Waals surface area contributed by atoms with E-state index in [4.69, 9.17) is 11.5 Å². The molecule has 0 aliphatic heterocycles. The van der Waals surface area contributed by atoms with Crippen LogP contribution in [0.2, 0.25) is 0 Å². The largest absolute Gasteiger partial charge is 0.383 e. The van der Waals surface area contributed by atoms with Crippen LogP contribution >= 0.6 is 0 Å². The normalized spacial score (nSPS) is 47.1. The molecule has 13 heavy (non-hydrogen) atoms. The summed E-state index contributed by atoms with van der Waals surface area (Å²) in [6.07, 6.45) is -1.26. The van der Waals surface area contributed by atoms with Gasteiger partial charge in [-0.05, 0) is 12.5 Å². The third kappa shape index (κ3) is 1.28. The Hall–Kier alpha value is -0.200. The molecule has 5 heteroatoms. The standard InChI is InChI=1S/C8H18N2O3/c1-4-5(3-9)8(12,6(4)10)7(11)13-2/h4-7,11-12H,3,9-10H2,1-2H3/t4-,5?,6?,7-,8?/m1/s1. The average Bonchev–Trinajstić information content (AvgIpc) is 2.16. The second-order valence-corrected chi connectivity index (χ2v) is 3.70. The number of aliphatic hydroxyl groups is 2. The summed E-state index contributed by atoms with van der Waals surface area (Å²) in [5.41, 5.74) is 9.78. The molecule has 0 radical (unpaired) electrons. The summed E-state index contributed by atoms with van der Waals surface area (Å²) in [6, 6.07) is -0.476. The molecule has 5 atom stereocenters. The monoisotopic (exact) mass is 190 g/mol. The van der Waals surface area contributed by atoms with Crippen LogP contribution in [-0.2, 0) is 4.74 Å². The first-order chi connectivity index (χ1) is 6.00. The zero-order valence-corrected chi connectivity index (χ0v) is 7.97. The van der Waals surface area contributed by atoms with Gasteiger partial charge in [-0.25, -0.2) is 0 Å². The van der Waals surface area contributed by atoms with Gasteiger partial charge in [0.1, 0.15) is 5.60 Å². The van der Waals surface area contributed by atoms with Gasteiger partial charge in [0.25, 0.3) is 0 Å². The van der Waals surface area contributed by atoms with E-state index in [-0.39, 0.29) is 11.8 Å². The molecule has 1 aliphatic rings. The number of methoxy groups -OCH3 is 1. The molecular weight excluding hydrogens is 172 g/mol. The van der Waals surface area contributed by atoms with Crippen LogP contribution in [0, 0.1) is 11.8 Å². The minimum atomic E-state index is -1.39. The van der Waals surface area contributed by atoms with Gasteiger partial charge in [-0.15, -0.1) is 0 Å². The van der Waals surface area contributed by atoms with Crippen LogP contribution in [0.1, 0.15) is 6.92 Å². The van der Waals surface area contributed by atoms with Crippen molar-refractivity contribution in [1.29, 1.82) is 0 Å². The molecule has 0 aromatic carbocycles. The Bertz CT molecular complexity index is 184. The van der Waals surface area contributed by atoms with Crippen molar-refractivity contribution in [2.75, 3.05) is 13.7 Å². The zero-order valence-electron chi connectivity index (χ0n) is 7.97. The third-order valence-electron chi connectivity index (χ3n) is 3.20. The first-order valence-corrected chi connectivity index (χ1v) is 4.39. The molecule has 5 nitrogen and oxygen atoms in total. The maximum Gasteiger partial charge on any atom is 0.185 e. The summed E-state index contributed by atoms with van der Waals surface area (Å²) in [7, 11) is 1.33. The van der Waals surface area contributed by atoms with E-state index >= 15 is 0 Å². The topological polar surface area (TPSA) is 102 Å². The Morgan fingerprint density at radius 1 is 1.62 bits per heavy atom. The molecule has 0 saturated heterocycles. The number of rotatable bonds is 3. The van der Waals surface area contributed by atoms with Crippen LogP contribution in [0.3, 0.4) is 0 Å². The molecule has 0 amide bonds. The number of hydrogen-bond acceptors (Lipinski definition) is 5. The lowest BCUT2D eigenvalue weighted by Crippen LogP contribution is -2.76. The summed E-state index contributed by atoms with van der Waals surface area (Å²) >= 11 is 0. The van der Waals surface area contributed by atoms with E-state index in [1.807, 2.05) is 6.92 Å².